The van der Waals surface area contributed by atoms with Gasteiger partial charge >= 0.3 is 0 Å². The van der Waals surface area contributed by atoms with E-state index < -0.39 is 0 Å². The lowest BCUT2D eigenvalue weighted by Gasteiger charge is -2.02. The second-order valence-electron chi connectivity index (χ2n) is 3.43. The second-order valence-corrected chi connectivity index (χ2v) is 3.67. The van der Waals surface area contributed by atoms with Gasteiger partial charge in [-0.05, 0) is 48.7 Å². The van der Waals surface area contributed by atoms with E-state index in [1.54, 1.807) is 0 Å². The first-order valence-electron chi connectivity index (χ1n) is 5.14. The van der Waals surface area contributed by atoms with Gasteiger partial charge in [0.15, 0.2) is 0 Å². The molecule has 0 saturated carbocycles. The maximum Gasteiger partial charge on any atom is -0.0225 e. The number of rotatable bonds is 5. The fraction of sp³-hybridized carbons (Fsp3) is 0.385. The summed E-state index contributed by atoms with van der Waals surface area (Å²) in [6.07, 6.45) is 6.38. The Kier molecular flexibility index (Phi) is 5.21. The quantitative estimate of drug-likeness (QED) is 0.659. The Hall–Kier alpha value is -0.910. The summed E-state index contributed by atoms with van der Waals surface area (Å²) in [5.41, 5.74) is 2.84. The van der Waals surface area contributed by atoms with Crippen molar-refractivity contribution in [3.8, 4) is 0 Å². The molecule has 0 fully saturated rings. The molecule has 1 heteroatoms. The highest BCUT2D eigenvalue weighted by atomic mass is 32.1. The molecule has 1 aromatic rings. The summed E-state index contributed by atoms with van der Waals surface area (Å²) < 4.78 is 0. The van der Waals surface area contributed by atoms with Crippen molar-refractivity contribution in [1.29, 1.82) is 0 Å². The molecule has 0 saturated heterocycles. The van der Waals surface area contributed by atoms with Crippen LogP contribution in [0.2, 0.25) is 0 Å². The topological polar surface area (TPSA) is 0 Å². The van der Waals surface area contributed by atoms with Crippen LogP contribution in [0.5, 0.6) is 0 Å². The van der Waals surface area contributed by atoms with Crippen molar-refractivity contribution in [2.75, 3.05) is 0 Å². The number of hydrogen-bond donors (Lipinski definition) is 0. The van der Waals surface area contributed by atoms with Gasteiger partial charge in [0.1, 0.15) is 0 Å². The first-order chi connectivity index (χ1) is 6.86. The lowest BCUT2D eigenvalue weighted by molar-refractivity contribution is 0.913. The van der Waals surface area contributed by atoms with Crippen LogP contribution in [0, 0.1) is 0 Å². The average molecular weight is 204 g/mol. The van der Waals surface area contributed by atoms with Crippen LogP contribution in [0.15, 0.2) is 30.3 Å². The summed E-state index contributed by atoms with van der Waals surface area (Å²) in [6.45, 7) is 2.21. The highest BCUT2D eigenvalue weighted by molar-refractivity contribution is 7.78. The van der Waals surface area contributed by atoms with E-state index in [1.165, 1.54) is 24.0 Å². The molecule has 0 radical (unpaired) electrons. The van der Waals surface area contributed by atoms with Gasteiger partial charge in [-0.15, -0.1) is 0 Å². The molecule has 1 aromatic carbocycles. The Balaban J connectivity index is 2.58. The van der Waals surface area contributed by atoms with Crippen molar-refractivity contribution in [3.05, 3.63) is 41.5 Å². The summed E-state index contributed by atoms with van der Waals surface area (Å²) in [7, 11) is 0. The standard InChI is InChI=1S/C13H16S/c1-2-6-12-8-5-9-13(11-12)7-3-4-10-14/h4-5,8-9,11H,2-3,6-7H2,1H3. The monoisotopic (exact) mass is 204 g/mol. The van der Waals surface area contributed by atoms with Crippen molar-refractivity contribution in [2.45, 2.75) is 32.6 Å². The zero-order chi connectivity index (χ0) is 10.2. The summed E-state index contributed by atoms with van der Waals surface area (Å²) >= 11 is 4.63. The lowest BCUT2D eigenvalue weighted by Crippen LogP contribution is -1.88. The number of allylic oxidation sites excluding steroid dienone is 1. The minimum atomic E-state index is 0.999. The molecule has 0 aromatic heterocycles. The van der Waals surface area contributed by atoms with E-state index in [2.05, 4.69) is 48.4 Å². The predicted octanol–water partition coefficient (Wildman–Crippen LogP) is 3.73. The van der Waals surface area contributed by atoms with Gasteiger partial charge in [0.2, 0.25) is 0 Å². The van der Waals surface area contributed by atoms with Gasteiger partial charge in [-0.2, -0.15) is 0 Å². The van der Waals surface area contributed by atoms with Crippen LogP contribution < -0.4 is 0 Å². The van der Waals surface area contributed by atoms with Crippen LogP contribution in [0.3, 0.4) is 0 Å². The Labute approximate surface area is 91.7 Å². The molecule has 0 aliphatic carbocycles. The Bertz CT molecular complexity index is 322. The molecule has 0 aliphatic rings. The molecular weight excluding hydrogens is 188 g/mol. The molecular formula is C13H16S. The van der Waals surface area contributed by atoms with Crippen LogP contribution in [0.25, 0.3) is 0 Å². The zero-order valence-electron chi connectivity index (χ0n) is 8.62. The first kappa shape index (κ1) is 11.2. The van der Waals surface area contributed by atoms with Crippen LogP contribution in [-0.2, 0) is 12.8 Å². The van der Waals surface area contributed by atoms with Gasteiger partial charge in [0.05, 0.1) is 0 Å². The minimum absolute atomic E-state index is 0.999. The van der Waals surface area contributed by atoms with Crippen molar-refractivity contribution in [3.63, 3.8) is 0 Å². The smallest absolute Gasteiger partial charge is 0.0225 e. The molecule has 0 bridgehead atoms. The molecule has 0 aliphatic heterocycles. The third-order valence-electron chi connectivity index (χ3n) is 2.19. The summed E-state index contributed by atoms with van der Waals surface area (Å²) in [5.74, 6) is 0. The number of benzene rings is 1. The fourth-order valence-corrected chi connectivity index (χ4v) is 1.64. The predicted molar refractivity (Wildman–Crippen MR) is 65.9 cm³/mol. The highest BCUT2D eigenvalue weighted by Crippen LogP contribution is 2.09. The summed E-state index contributed by atoms with van der Waals surface area (Å²) in [5, 5.41) is 2.64. The van der Waals surface area contributed by atoms with Gasteiger partial charge in [0, 0.05) is 0 Å². The number of thiocarbonyl (C=S) groups is 1. The molecule has 0 N–H and O–H groups in total. The lowest BCUT2D eigenvalue weighted by atomic mass is 10.0. The largest absolute Gasteiger partial charge is 0.0651 e. The Morgan fingerprint density at radius 1 is 1.29 bits per heavy atom. The van der Waals surface area contributed by atoms with E-state index in [-0.39, 0.29) is 0 Å². The zero-order valence-corrected chi connectivity index (χ0v) is 9.44. The van der Waals surface area contributed by atoms with Gasteiger partial charge in [-0.3, -0.25) is 0 Å². The van der Waals surface area contributed by atoms with E-state index in [4.69, 9.17) is 0 Å². The number of hydrogen-bond acceptors (Lipinski definition) is 1. The van der Waals surface area contributed by atoms with Crippen molar-refractivity contribution >= 4 is 17.2 Å². The second kappa shape index (κ2) is 6.53. The van der Waals surface area contributed by atoms with Crippen LogP contribution >= 0.6 is 12.2 Å². The van der Waals surface area contributed by atoms with E-state index in [9.17, 15) is 0 Å². The maximum absolute atomic E-state index is 4.63. The third-order valence-corrected chi connectivity index (χ3v) is 2.36. The van der Waals surface area contributed by atoms with Crippen molar-refractivity contribution in [1.82, 2.24) is 0 Å². The molecule has 0 heterocycles. The maximum atomic E-state index is 4.63. The Morgan fingerprint density at radius 2 is 2.00 bits per heavy atom. The van der Waals surface area contributed by atoms with Crippen molar-refractivity contribution in [2.24, 2.45) is 0 Å². The first-order valence-corrected chi connectivity index (χ1v) is 5.54. The normalized spacial score (nSPS) is 9.50. The van der Waals surface area contributed by atoms with Gasteiger partial charge in [0.25, 0.3) is 0 Å². The number of aryl methyl sites for hydroxylation is 2. The van der Waals surface area contributed by atoms with E-state index in [0.717, 1.165) is 12.8 Å². The Morgan fingerprint density at radius 3 is 2.64 bits per heavy atom. The van der Waals surface area contributed by atoms with Crippen LogP contribution in [0.4, 0.5) is 0 Å². The van der Waals surface area contributed by atoms with Crippen LogP contribution in [-0.4, -0.2) is 5.02 Å². The molecule has 0 amide bonds. The SMILES string of the molecule is CCCc1cccc(CCC=C=S)c1. The molecule has 0 atom stereocenters. The van der Waals surface area contributed by atoms with Gasteiger partial charge < -0.3 is 0 Å². The summed E-state index contributed by atoms with van der Waals surface area (Å²) in [6, 6.07) is 8.81. The average Bonchev–Trinajstić information content (AvgIpc) is 2.19. The minimum Gasteiger partial charge on any atom is -0.0651 e. The fourth-order valence-electron chi connectivity index (χ4n) is 1.53. The molecule has 0 spiro atoms. The molecule has 0 unspecified atom stereocenters. The van der Waals surface area contributed by atoms with Gasteiger partial charge in [-0.25, -0.2) is 0 Å². The summed E-state index contributed by atoms with van der Waals surface area (Å²) in [4.78, 5) is 0. The van der Waals surface area contributed by atoms with E-state index in [0.29, 0.717) is 0 Å². The molecule has 1 rings (SSSR count). The third kappa shape index (κ3) is 3.87. The van der Waals surface area contributed by atoms with E-state index >= 15 is 0 Å². The molecule has 0 nitrogen and oxygen atoms in total. The van der Waals surface area contributed by atoms with Crippen LogP contribution in [0.1, 0.15) is 30.9 Å². The molecule has 14 heavy (non-hydrogen) atoms. The van der Waals surface area contributed by atoms with Gasteiger partial charge in [-0.1, -0.05) is 42.6 Å². The molecule has 74 valence electrons. The highest BCUT2D eigenvalue weighted by Gasteiger charge is 1.94. The van der Waals surface area contributed by atoms with E-state index in [1.807, 2.05) is 6.08 Å². The van der Waals surface area contributed by atoms with Crippen molar-refractivity contribution < 1.29 is 0 Å².